The predicted molar refractivity (Wildman–Crippen MR) is 174 cm³/mol. The van der Waals surface area contributed by atoms with Crippen molar-refractivity contribution < 1.29 is 33.5 Å². The molecule has 0 fully saturated rings. The van der Waals surface area contributed by atoms with Gasteiger partial charge in [-0.15, -0.1) is 5.06 Å². The fraction of sp³-hybridized carbons (Fsp3) is 0.139. The van der Waals surface area contributed by atoms with Crippen molar-refractivity contribution >= 4 is 58.1 Å². The van der Waals surface area contributed by atoms with E-state index in [1.54, 1.807) is 118 Å². The second kappa shape index (κ2) is 12.9. The number of carbonyl (C=O) groups is 5. The van der Waals surface area contributed by atoms with Gasteiger partial charge in [-0.2, -0.15) is 0 Å². The number of nitrogens with zero attached hydrogens (tertiary/aromatic N) is 1. The Hall–Kier alpha value is -6.03. The van der Waals surface area contributed by atoms with Crippen LogP contribution in [0.15, 0.2) is 103 Å². The number of benzene rings is 4. The smallest absolute Gasteiger partial charge is 0.343 e. The number of hydroxylamine groups is 1. The van der Waals surface area contributed by atoms with Crippen molar-refractivity contribution in [3.8, 4) is 0 Å². The number of nitrogens with one attached hydrogen (secondary N) is 2. The number of carbonyl (C=O) groups excluding carboxylic acids is 5. The molecule has 46 heavy (non-hydrogen) atoms. The van der Waals surface area contributed by atoms with E-state index < -0.39 is 29.3 Å². The van der Waals surface area contributed by atoms with Gasteiger partial charge in [-0.25, -0.2) is 14.4 Å². The number of amides is 3. The van der Waals surface area contributed by atoms with Crippen molar-refractivity contribution in [2.24, 2.45) is 5.41 Å². The standard InChI is InChI=1S/C36H31N3O7/c1-22(40)23-15-17-26(18-16-23)37-35(44)38-27-19-20-28-29(21-27)39(46-34(43)36(2,3)4)32(41)30(28)31(24-11-7-5-8-12-24)45-33(42)25-13-9-6-10-14-25/h5-21H,1-4H3,(H2,37,38,44)/b31-30-. The molecule has 0 bridgehead atoms. The number of Topliss-reactive ketones (excluding diaryl/α,β-unsaturated/α-hetero) is 1. The highest BCUT2D eigenvalue weighted by Gasteiger charge is 2.41. The van der Waals surface area contributed by atoms with Crippen molar-refractivity contribution in [3.63, 3.8) is 0 Å². The summed E-state index contributed by atoms with van der Waals surface area (Å²) >= 11 is 0. The van der Waals surface area contributed by atoms with E-state index in [-0.39, 0.29) is 34.1 Å². The first-order chi connectivity index (χ1) is 21.9. The van der Waals surface area contributed by atoms with Gasteiger partial charge in [0.25, 0.3) is 5.91 Å². The number of rotatable bonds is 7. The summed E-state index contributed by atoms with van der Waals surface area (Å²) in [6, 6.07) is 27.4. The number of urea groups is 1. The maximum absolute atomic E-state index is 14.1. The first-order valence-corrected chi connectivity index (χ1v) is 14.4. The average Bonchev–Trinajstić information content (AvgIpc) is 3.30. The van der Waals surface area contributed by atoms with Gasteiger partial charge in [0.05, 0.1) is 22.2 Å². The zero-order chi connectivity index (χ0) is 33.0. The lowest BCUT2D eigenvalue weighted by Crippen LogP contribution is -2.35. The lowest BCUT2D eigenvalue weighted by molar-refractivity contribution is -0.157. The highest BCUT2D eigenvalue weighted by Crippen LogP contribution is 2.43. The number of ether oxygens (including phenoxy) is 1. The number of fused-ring (bicyclic) bond motifs is 1. The average molecular weight is 618 g/mol. The van der Waals surface area contributed by atoms with Crippen LogP contribution in [-0.4, -0.2) is 29.7 Å². The van der Waals surface area contributed by atoms with Crippen molar-refractivity contribution in [1.82, 2.24) is 0 Å². The van der Waals surface area contributed by atoms with E-state index in [1.165, 1.54) is 13.0 Å². The first-order valence-electron chi connectivity index (χ1n) is 14.4. The van der Waals surface area contributed by atoms with Gasteiger partial charge in [-0.05, 0) is 82.3 Å². The van der Waals surface area contributed by atoms with Gasteiger partial charge in [0.2, 0.25) is 0 Å². The van der Waals surface area contributed by atoms with Crippen LogP contribution in [0, 0.1) is 5.41 Å². The van der Waals surface area contributed by atoms with E-state index in [2.05, 4.69) is 10.6 Å². The molecule has 5 rings (SSSR count). The van der Waals surface area contributed by atoms with Crippen LogP contribution >= 0.6 is 0 Å². The zero-order valence-corrected chi connectivity index (χ0v) is 25.6. The third kappa shape index (κ3) is 6.86. The van der Waals surface area contributed by atoms with Crippen LogP contribution in [-0.2, 0) is 19.2 Å². The Bertz CT molecular complexity index is 1860. The van der Waals surface area contributed by atoms with E-state index in [0.29, 0.717) is 22.4 Å². The quantitative estimate of drug-likeness (QED) is 0.0978. The molecule has 0 atom stereocenters. The topological polar surface area (TPSA) is 131 Å². The lowest BCUT2D eigenvalue weighted by atomic mass is 9.98. The molecule has 232 valence electrons. The number of hydrogen-bond donors (Lipinski definition) is 2. The van der Waals surface area contributed by atoms with Crippen molar-refractivity contribution in [2.45, 2.75) is 27.7 Å². The molecule has 1 aliphatic rings. The van der Waals surface area contributed by atoms with Gasteiger partial charge in [-0.1, -0.05) is 48.5 Å². The Labute approximate surface area is 265 Å². The number of ketones is 1. The Morgan fingerprint density at radius 1 is 0.696 bits per heavy atom. The van der Waals surface area contributed by atoms with Crippen LogP contribution in [0.1, 0.15) is 59.5 Å². The van der Waals surface area contributed by atoms with Gasteiger partial charge in [-0.3, -0.25) is 9.59 Å². The second-order valence-corrected chi connectivity index (χ2v) is 11.5. The maximum Gasteiger partial charge on any atom is 0.343 e. The van der Waals surface area contributed by atoms with E-state index in [9.17, 15) is 24.0 Å². The van der Waals surface area contributed by atoms with Crippen LogP contribution in [0.5, 0.6) is 0 Å². The summed E-state index contributed by atoms with van der Waals surface area (Å²) in [6.45, 7) is 6.40. The van der Waals surface area contributed by atoms with Crippen LogP contribution in [0.25, 0.3) is 11.3 Å². The van der Waals surface area contributed by atoms with Crippen molar-refractivity contribution in [3.05, 3.63) is 125 Å². The minimum Gasteiger partial charge on any atom is -0.421 e. The van der Waals surface area contributed by atoms with E-state index in [0.717, 1.165) is 5.06 Å². The van der Waals surface area contributed by atoms with Gasteiger partial charge in [0.1, 0.15) is 0 Å². The van der Waals surface area contributed by atoms with E-state index in [4.69, 9.17) is 9.57 Å². The Balaban J connectivity index is 1.55. The molecule has 0 radical (unpaired) electrons. The molecule has 2 N–H and O–H groups in total. The molecule has 0 saturated carbocycles. The molecule has 0 saturated heterocycles. The molecule has 4 aromatic carbocycles. The normalized spacial score (nSPS) is 13.4. The molecular weight excluding hydrogens is 586 g/mol. The number of anilines is 3. The van der Waals surface area contributed by atoms with Crippen LogP contribution < -0.4 is 15.7 Å². The van der Waals surface area contributed by atoms with E-state index >= 15 is 0 Å². The Morgan fingerprint density at radius 2 is 1.26 bits per heavy atom. The SMILES string of the molecule is CC(=O)c1ccc(NC(=O)Nc2ccc3c(c2)N(OC(=O)C(C)(C)C)C(=O)/C3=C(\OC(=O)c2ccccc2)c2ccccc2)cc1. The third-order valence-corrected chi connectivity index (χ3v) is 6.95. The number of esters is 1. The third-order valence-electron chi connectivity index (χ3n) is 6.95. The van der Waals surface area contributed by atoms with Crippen LogP contribution in [0.2, 0.25) is 0 Å². The highest BCUT2D eigenvalue weighted by atomic mass is 16.7. The summed E-state index contributed by atoms with van der Waals surface area (Å²) in [5, 5.41) is 6.25. The summed E-state index contributed by atoms with van der Waals surface area (Å²) in [5.74, 6) is -2.22. The molecule has 0 spiro atoms. The second-order valence-electron chi connectivity index (χ2n) is 11.5. The Kier molecular flexibility index (Phi) is 8.81. The monoisotopic (exact) mass is 617 g/mol. The molecule has 0 aromatic heterocycles. The molecule has 10 heteroatoms. The van der Waals surface area contributed by atoms with Crippen LogP contribution in [0.4, 0.5) is 21.9 Å². The molecule has 1 heterocycles. The van der Waals surface area contributed by atoms with Gasteiger partial charge in [0, 0.05) is 28.1 Å². The molecular formula is C36H31N3O7. The summed E-state index contributed by atoms with van der Waals surface area (Å²) in [6.07, 6.45) is 0. The summed E-state index contributed by atoms with van der Waals surface area (Å²) in [7, 11) is 0. The summed E-state index contributed by atoms with van der Waals surface area (Å²) in [4.78, 5) is 70.3. The molecule has 4 aromatic rings. The van der Waals surface area contributed by atoms with Crippen molar-refractivity contribution in [2.75, 3.05) is 15.7 Å². The number of hydrogen-bond acceptors (Lipinski definition) is 7. The fourth-order valence-electron chi connectivity index (χ4n) is 4.50. The molecule has 1 aliphatic heterocycles. The predicted octanol–water partition coefficient (Wildman–Crippen LogP) is 7.11. The summed E-state index contributed by atoms with van der Waals surface area (Å²) in [5.41, 5.74) is 1.48. The minimum absolute atomic E-state index is 0.00578. The van der Waals surface area contributed by atoms with Gasteiger partial charge < -0.3 is 20.2 Å². The highest BCUT2D eigenvalue weighted by molar-refractivity contribution is 6.37. The van der Waals surface area contributed by atoms with Gasteiger partial charge >= 0.3 is 18.0 Å². The van der Waals surface area contributed by atoms with Crippen LogP contribution in [0.3, 0.4) is 0 Å². The maximum atomic E-state index is 14.1. The molecule has 3 amide bonds. The lowest BCUT2D eigenvalue weighted by Gasteiger charge is -2.22. The van der Waals surface area contributed by atoms with Gasteiger partial charge in [0.15, 0.2) is 11.5 Å². The zero-order valence-electron chi connectivity index (χ0n) is 25.6. The Morgan fingerprint density at radius 3 is 1.85 bits per heavy atom. The molecule has 0 unspecified atom stereocenters. The molecule has 10 nitrogen and oxygen atoms in total. The molecule has 0 aliphatic carbocycles. The van der Waals surface area contributed by atoms with Crippen molar-refractivity contribution in [1.29, 1.82) is 0 Å². The fourth-order valence-corrected chi connectivity index (χ4v) is 4.50. The van der Waals surface area contributed by atoms with E-state index in [1.807, 2.05) is 0 Å². The largest absolute Gasteiger partial charge is 0.421 e. The first kappa shape index (κ1) is 31.4. The summed E-state index contributed by atoms with van der Waals surface area (Å²) < 4.78 is 5.89. The minimum atomic E-state index is -0.956.